The van der Waals surface area contributed by atoms with Gasteiger partial charge in [-0.05, 0) is 23.8 Å². The lowest BCUT2D eigenvalue weighted by Gasteiger charge is -2.35. The van der Waals surface area contributed by atoms with Crippen LogP contribution in [0.15, 0.2) is 66.9 Å². The third-order valence-corrected chi connectivity index (χ3v) is 5.01. The molecule has 1 aromatic carbocycles. The number of amides is 1. The maximum Gasteiger partial charge on any atom is 0.254 e. The van der Waals surface area contributed by atoms with E-state index < -0.39 is 0 Å². The Kier molecular flexibility index (Phi) is 5.91. The van der Waals surface area contributed by atoms with E-state index in [0.717, 1.165) is 11.4 Å². The number of pyridine rings is 2. The van der Waals surface area contributed by atoms with Gasteiger partial charge in [-0.1, -0.05) is 48.0 Å². The number of rotatable bonds is 5. The van der Waals surface area contributed by atoms with Crippen LogP contribution in [0.4, 0.5) is 5.82 Å². The van der Waals surface area contributed by atoms with Gasteiger partial charge in [0.1, 0.15) is 17.6 Å². The molecule has 1 fully saturated rings. The van der Waals surface area contributed by atoms with Crippen molar-refractivity contribution in [3.63, 3.8) is 0 Å². The van der Waals surface area contributed by atoms with Gasteiger partial charge in [0.25, 0.3) is 5.91 Å². The van der Waals surface area contributed by atoms with Crippen molar-refractivity contribution in [2.45, 2.75) is 6.61 Å². The number of halogens is 1. The van der Waals surface area contributed by atoms with Crippen LogP contribution in [0.1, 0.15) is 15.9 Å². The highest BCUT2D eigenvalue weighted by molar-refractivity contribution is 6.29. The number of hydrogen-bond donors (Lipinski definition) is 0. The third-order valence-electron chi connectivity index (χ3n) is 4.80. The average Bonchev–Trinajstić information content (AvgIpc) is 2.78. The minimum Gasteiger partial charge on any atom is -0.473 e. The molecule has 1 saturated heterocycles. The van der Waals surface area contributed by atoms with Gasteiger partial charge in [-0.25, -0.2) is 9.97 Å². The summed E-state index contributed by atoms with van der Waals surface area (Å²) < 4.78 is 5.75. The first-order valence-corrected chi connectivity index (χ1v) is 9.86. The smallest absolute Gasteiger partial charge is 0.254 e. The van der Waals surface area contributed by atoms with Gasteiger partial charge in [0, 0.05) is 44.0 Å². The molecule has 0 atom stereocenters. The van der Waals surface area contributed by atoms with Crippen LogP contribution in [0.25, 0.3) is 0 Å². The molecule has 6 nitrogen and oxygen atoms in total. The summed E-state index contributed by atoms with van der Waals surface area (Å²) in [7, 11) is 0. The van der Waals surface area contributed by atoms with Crippen LogP contribution < -0.4 is 9.64 Å². The highest BCUT2D eigenvalue weighted by Crippen LogP contribution is 2.18. The lowest BCUT2D eigenvalue weighted by Crippen LogP contribution is -2.49. The molecule has 1 amide bonds. The zero-order valence-corrected chi connectivity index (χ0v) is 16.6. The number of anilines is 1. The molecular weight excluding hydrogens is 388 g/mol. The summed E-state index contributed by atoms with van der Waals surface area (Å²) in [6, 6.07) is 18.9. The topological polar surface area (TPSA) is 58.6 Å². The summed E-state index contributed by atoms with van der Waals surface area (Å²) in [5, 5.41) is 0.473. The Balaban J connectivity index is 1.36. The van der Waals surface area contributed by atoms with Crippen molar-refractivity contribution in [3.8, 4) is 5.88 Å². The predicted octanol–water partition coefficient (Wildman–Crippen LogP) is 3.67. The minimum absolute atomic E-state index is 0.0179. The van der Waals surface area contributed by atoms with Crippen LogP contribution in [0.5, 0.6) is 5.88 Å². The largest absolute Gasteiger partial charge is 0.473 e. The van der Waals surface area contributed by atoms with Gasteiger partial charge >= 0.3 is 0 Å². The maximum absolute atomic E-state index is 12.9. The molecule has 2 aromatic heterocycles. The molecule has 0 N–H and O–H groups in total. The molecule has 0 spiro atoms. The van der Waals surface area contributed by atoms with E-state index in [4.69, 9.17) is 16.3 Å². The predicted molar refractivity (Wildman–Crippen MR) is 112 cm³/mol. The van der Waals surface area contributed by atoms with Gasteiger partial charge < -0.3 is 14.5 Å². The second kappa shape index (κ2) is 8.92. The number of nitrogens with zero attached hydrogens (tertiary/aromatic N) is 4. The Bertz CT molecular complexity index is 975. The number of ether oxygens (including phenoxy) is 1. The van der Waals surface area contributed by atoms with E-state index in [1.54, 1.807) is 24.4 Å². The van der Waals surface area contributed by atoms with E-state index in [1.165, 1.54) is 0 Å². The van der Waals surface area contributed by atoms with Crippen molar-refractivity contribution in [2.24, 2.45) is 0 Å². The Morgan fingerprint density at radius 2 is 1.79 bits per heavy atom. The Labute approximate surface area is 174 Å². The van der Waals surface area contributed by atoms with Gasteiger partial charge in [0.2, 0.25) is 5.88 Å². The fourth-order valence-corrected chi connectivity index (χ4v) is 3.41. The zero-order chi connectivity index (χ0) is 20.1. The van der Waals surface area contributed by atoms with Crippen LogP contribution in [0.3, 0.4) is 0 Å². The number of benzene rings is 1. The molecule has 4 rings (SSSR count). The van der Waals surface area contributed by atoms with Gasteiger partial charge in [-0.2, -0.15) is 0 Å². The molecule has 1 aliphatic heterocycles. The molecule has 0 aliphatic carbocycles. The van der Waals surface area contributed by atoms with Crippen molar-refractivity contribution in [1.82, 2.24) is 14.9 Å². The van der Waals surface area contributed by atoms with Crippen LogP contribution in [-0.4, -0.2) is 47.0 Å². The summed E-state index contributed by atoms with van der Waals surface area (Å²) in [5.41, 5.74) is 1.63. The Morgan fingerprint density at radius 3 is 2.55 bits per heavy atom. The number of carbonyl (C=O) groups excluding carboxylic acids is 1. The van der Waals surface area contributed by atoms with Gasteiger partial charge in [0.05, 0.1) is 0 Å². The molecular formula is C22H21ClN4O2. The van der Waals surface area contributed by atoms with Crippen molar-refractivity contribution in [1.29, 1.82) is 0 Å². The van der Waals surface area contributed by atoms with Gasteiger partial charge in [-0.3, -0.25) is 4.79 Å². The normalized spacial score (nSPS) is 14.0. The van der Waals surface area contributed by atoms with Gasteiger partial charge in [0.15, 0.2) is 0 Å². The molecule has 3 heterocycles. The first-order valence-electron chi connectivity index (χ1n) is 9.48. The van der Waals surface area contributed by atoms with Crippen LogP contribution in [-0.2, 0) is 6.61 Å². The number of aromatic nitrogens is 2. The lowest BCUT2D eigenvalue weighted by atomic mass is 10.2. The molecule has 0 unspecified atom stereocenters. The summed E-state index contributed by atoms with van der Waals surface area (Å²) in [5.74, 6) is 1.27. The van der Waals surface area contributed by atoms with Crippen LogP contribution in [0.2, 0.25) is 5.15 Å². The molecule has 1 aliphatic rings. The second-order valence-electron chi connectivity index (χ2n) is 6.75. The van der Waals surface area contributed by atoms with Crippen molar-refractivity contribution < 1.29 is 9.53 Å². The number of hydrogen-bond acceptors (Lipinski definition) is 5. The van der Waals surface area contributed by atoms with E-state index >= 15 is 0 Å². The molecule has 0 saturated carbocycles. The zero-order valence-electron chi connectivity index (χ0n) is 15.9. The summed E-state index contributed by atoms with van der Waals surface area (Å²) in [6.45, 7) is 3.07. The van der Waals surface area contributed by atoms with Crippen molar-refractivity contribution >= 4 is 23.3 Å². The lowest BCUT2D eigenvalue weighted by molar-refractivity contribution is 0.0745. The monoisotopic (exact) mass is 408 g/mol. The second-order valence-corrected chi connectivity index (χ2v) is 7.14. The molecule has 29 heavy (non-hydrogen) atoms. The van der Waals surface area contributed by atoms with E-state index in [1.807, 2.05) is 47.4 Å². The van der Waals surface area contributed by atoms with Crippen molar-refractivity contribution in [2.75, 3.05) is 31.1 Å². The fourth-order valence-electron chi connectivity index (χ4n) is 3.25. The molecule has 0 bridgehead atoms. The molecule has 0 radical (unpaired) electrons. The SMILES string of the molecule is O=C(c1ccnc(OCc2ccccc2)c1)N1CCN(c2cccc(Cl)n2)CC1. The van der Waals surface area contributed by atoms with E-state index in [0.29, 0.717) is 49.4 Å². The summed E-state index contributed by atoms with van der Waals surface area (Å²) in [4.78, 5) is 25.5. The minimum atomic E-state index is -0.0179. The van der Waals surface area contributed by atoms with Crippen LogP contribution in [0, 0.1) is 0 Å². The van der Waals surface area contributed by atoms with Gasteiger partial charge in [-0.15, -0.1) is 0 Å². The van der Waals surface area contributed by atoms with Crippen LogP contribution >= 0.6 is 11.6 Å². The highest BCUT2D eigenvalue weighted by atomic mass is 35.5. The summed E-state index contributed by atoms with van der Waals surface area (Å²) in [6.07, 6.45) is 1.61. The highest BCUT2D eigenvalue weighted by Gasteiger charge is 2.23. The Morgan fingerprint density at radius 1 is 1.00 bits per heavy atom. The molecule has 3 aromatic rings. The summed E-state index contributed by atoms with van der Waals surface area (Å²) >= 11 is 5.98. The standard InChI is InChI=1S/C22H21ClN4O2/c23-19-7-4-8-20(25-19)26-11-13-27(14-12-26)22(28)18-9-10-24-21(15-18)29-16-17-5-2-1-3-6-17/h1-10,15H,11-14,16H2. The number of carbonyl (C=O) groups is 1. The number of piperazine rings is 1. The third kappa shape index (κ3) is 4.84. The average molecular weight is 409 g/mol. The van der Waals surface area contributed by atoms with E-state index in [2.05, 4.69) is 14.9 Å². The van der Waals surface area contributed by atoms with E-state index in [-0.39, 0.29) is 5.91 Å². The maximum atomic E-state index is 12.9. The molecule has 148 valence electrons. The van der Waals surface area contributed by atoms with Crippen molar-refractivity contribution in [3.05, 3.63) is 83.1 Å². The fraction of sp³-hybridized carbons (Fsp3) is 0.227. The quantitative estimate of drug-likeness (QED) is 0.603. The molecule has 7 heteroatoms. The Hall–Kier alpha value is -3.12. The van der Waals surface area contributed by atoms with E-state index in [9.17, 15) is 4.79 Å². The first-order chi connectivity index (χ1) is 14.2. The first kappa shape index (κ1) is 19.2.